The van der Waals surface area contributed by atoms with Crippen molar-refractivity contribution in [3.63, 3.8) is 0 Å². The van der Waals surface area contributed by atoms with Crippen molar-refractivity contribution in [1.82, 2.24) is 9.97 Å². The summed E-state index contributed by atoms with van der Waals surface area (Å²) >= 11 is 6.83. The number of thioether (sulfide) groups is 1. The number of hydrogen-bond acceptors (Lipinski definition) is 6. The molecule has 2 aliphatic rings. The van der Waals surface area contributed by atoms with Crippen molar-refractivity contribution in [2.75, 3.05) is 6.61 Å². The van der Waals surface area contributed by atoms with Gasteiger partial charge in [0, 0.05) is 22.3 Å². The van der Waals surface area contributed by atoms with E-state index in [0.717, 1.165) is 17.8 Å². The molecular formula is C17H12ClF3N2O3S. The smallest absolute Gasteiger partial charge is 0.343 e. The van der Waals surface area contributed by atoms with Crippen molar-refractivity contribution in [3.05, 3.63) is 41.0 Å². The number of ketones is 1. The molecule has 2 aromatic rings. The second-order valence-electron chi connectivity index (χ2n) is 6.09. The number of carbonyl (C=O) groups excluding carboxylic acids is 1. The second-order valence-corrected chi connectivity index (χ2v) is 7.73. The molecule has 10 heteroatoms. The number of benzene rings is 1. The van der Waals surface area contributed by atoms with Crippen LogP contribution in [0.2, 0.25) is 5.02 Å². The molecule has 3 heterocycles. The molecule has 2 aliphatic heterocycles. The van der Waals surface area contributed by atoms with Gasteiger partial charge < -0.3 is 9.47 Å². The number of aromatic nitrogens is 2. The summed E-state index contributed by atoms with van der Waals surface area (Å²) in [6, 6.07) is 7.21. The first-order valence-corrected chi connectivity index (χ1v) is 9.24. The maximum atomic E-state index is 13.3. The van der Waals surface area contributed by atoms with Gasteiger partial charge in [-0.1, -0.05) is 35.5 Å². The van der Waals surface area contributed by atoms with Crippen LogP contribution in [0.5, 0.6) is 0 Å². The van der Waals surface area contributed by atoms with Crippen LogP contribution in [0.3, 0.4) is 0 Å². The molecule has 2 bridgehead atoms. The average molecular weight is 417 g/mol. The largest absolute Gasteiger partial charge is 0.433 e. The molecule has 1 aromatic heterocycles. The van der Waals surface area contributed by atoms with Crippen LogP contribution in [-0.4, -0.2) is 40.0 Å². The zero-order valence-corrected chi connectivity index (χ0v) is 15.1. The van der Waals surface area contributed by atoms with Crippen LogP contribution < -0.4 is 0 Å². The Morgan fingerprint density at radius 1 is 1.19 bits per heavy atom. The Morgan fingerprint density at radius 2 is 1.93 bits per heavy atom. The quantitative estimate of drug-likeness (QED) is 0.705. The van der Waals surface area contributed by atoms with Crippen LogP contribution in [0.1, 0.15) is 12.1 Å². The number of nitrogens with zero attached hydrogens (tertiary/aromatic N) is 2. The Morgan fingerprint density at radius 3 is 2.63 bits per heavy atom. The molecule has 0 unspecified atom stereocenters. The van der Waals surface area contributed by atoms with Gasteiger partial charge in [-0.15, -0.1) is 0 Å². The molecule has 5 nitrogen and oxygen atoms in total. The molecule has 3 atom stereocenters. The minimum Gasteiger partial charge on any atom is -0.343 e. The summed E-state index contributed by atoms with van der Waals surface area (Å²) in [5, 5.41) is -0.00793. The highest BCUT2D eigenvalue weighted by Gasteiger charge is 2.44. The standard InChI is InChI=1S/C17H12ClF3N2O3S/c18-9-3-1-8(2-4-9)10-5-14(17(19,20)21)23-16(22-10)27-13-6-11(24)15-25-7-12(13)26-15/h1-5,12-13,15H,6-7H2/t12-,13+,15-/m0/s1. The van der Waals surface area contributed by atoms with Crippen molar-refractivity contribution < 1.29 is 27.4 Å². The number of carbonyl (C=O) groups is 1. The van der Waals surface area contributed by atoms with Crippen LogP contribution in [0.25, 0.3) is 11.3 Å². The molecule has 2 fully saturated rings. The van der Waals surface area contributed by atoms with Gasteiger partial charge in [-0.05, 0) is 18.2 Å². The van der Waals surface area contributed by atoms with Crippen LogP contribution in [0.4, 0.5) is 13.2 Å². The normalized spacial score (nSPS) is 25.0. The van der Waals surface area contributed by atoms with Gasteiger partial charge in [0.15, 0.2) is 10.9 Å². The van der Waals surface area contributed by atoms with Gasteiger partial charge in [0.2, 0.25) is 6.29 Å². The molecule has 4 rings (SSSR count). The van der Waals surface area contributed by atoms with Crippen LogP contribution in [0, 0.1) is 0 Å². The van der Waals surface area contributed by atoms with Crippen molar-refractivity contribution >= 4 is 29.1 Å². The first-order valence-electron chi connectivity index (χ1n) is 7.98. The molecule has 0 radical (unpaired) electrons. The molecule has 0 N–H and O–H groups in total. The molecule has 0 saturated carbocycles. The number of ether oxygens (including phenoxy) is 2. The zero-order chi connectivity index (χ0) is 19.2. The fraction of sp³-hybridized carbons (Fsp3) is 0.353. The third-order valence-corrected chi connectivity index (χ3v) is 5.60. The second kappa shape index (κ2) is 7.05. The number of alkyl halides is 3. The number of hydrogen-bond donors (Lipinski definition) is 0. The lowest BCUT2D eigenvalue weighted by Gasteiger charge is -2.25. The van der Waals surface area contributed by atoms with Gasteiger partial charge in [-0.3, -0.25) is 4.79 Å². The predicted octanol–water partition coefficient (Wildman–Crippen LogP) is 3.99. The van der Waals surface area contributed by atoms with Crippen molar-refractivity contribution in [1.29, 1.82) is 0 Å². The van der Waals surface area contributed by atoms with Crippen LogP contribution in [-0.2, 0) is 20.4 Å². The van der Waals surface area contributed by atoms with E-state index in [0.29, 0.717) is 10.6 Å². The van der Waals surface area contributed by atoms with E-state index < -0.39 is 23.4 Å². The van der Waals surface area contributed by atoms with E-state index in [-0.39, 0.29) is 35.8 Å². The summed E-state index contributed by atoms with van der Waals surface area (Å²) < 4.78 is 50.6. The summed E-state index contributed by atoms with van der Waals surface area (Å²) in [4.78, 5) is 19.8. The molecule has 27 heavy (non-hydrogen) atoms. The van der Waals surface area contributed by atoms with E-state index in [1.165, 1.54) is 0 Å². The highest BCUT2D eigenvalue weighted by molar-refractivity contribution is 7.99. The Labute approximate surface area is 161 Å². The topological polar surface area (TPSA) is 61.3 Å². The Hall–Kier alpha value is -1.68. The Balaban J connectivity index is 1.68. The molecule has 0 spiro atoms. The monoisotopic (exact) mass is 416 g/mol. The fourth-order valence-corrected chi connectivity index (χ4v) is 4.09. The molecule has 0 aliphatic carbocycles. The van der Waals surface area contributed by atoms with Gasteiger partial charge in [0.05, 0.1) is 18.4 Å². The maximum Gasteiger partial charge on any atom is 0.433 e. The van der Waals surface area contributed by atoms with E-state index in [9.17, 15) is 18.0 Å². The summed E-state index contributed by atoms with van der Waals surface area (Å²) in [6.45, 7) is 0.219. The molecule has 1 aromatic carbocycles. The fourth-order valence-electron chi connectivity index (χ4n) is 2.85. The zero-order valence-electron chi connectivity index (χ0n) is 13.6. The summed E-state index contributed by atoms with van der Waals surface area (Å²) in [5.41, 5.74) is -0.442. The lowest BCUT2D eigenvalue weighted by atomic mass is 10.1. The predicted molar refractivity (Wildman–Crippen MR) is 91.4 cm³/mol. The Bertz CT molecular complexity index is 879. The third-order valence-electron chi connectivity index (χ3n) is 4.18. The van der Waals surface area contributed by atoms with Gasteiger partial charge in [0.1, 0.15) is 5.69 Å². The first-order chi connectivity index (χ1) is 12.8. The highest BCUT2D eigenvalue weighted by atomic mass is 35.5. The van der Waals surface area contributed by atoms with E-state index in [1.54, 1.807) is 24.3 Å². The molecule has 2 saturated heterocycles. The lowest BCUT2D eigenvalue weighted by Crippen LogP contribution is -2.37. The van der Waals surface area contributed by atoms with Crippen LogP contribution >= 0.6 is 23.4 Å². The van der Waals surface area contributed by atoms with Gasteiger partial charge >= 0.3 is 6.18 Å². The van der Waals surface area contributed by atoms with E-state index in [4.69, 9.17) is 21.1 Å². The molecule has 0 amide bonds. The third kappa shape index (κ3) is 3.96. The van der Waals surface area contributed by atoms with E-state index >= 15 is 0 Å². The SMILES string of the molecule is O=C1C[C@@H](Sc2nc(-c3ccc(Cl)cc3)cc(C(F)(F)F)n2)[C@@H]2CO[C@H]1O2. The summed E-state index contributed by atoms with van der Waals surface area (Å²) in [7, 11) is 0. The molecule has 142 valence electrons. The van der Waals surface area contributed by atoms with Gasteiger partial charge in [0.25, 0.3) is 0 Å². The Kier molecular flexibility index (Phi) is 4.87. The van der Waals surface area contributed by atoms with Crippen molar-refractivity contribution in [2.45, 2.75) is 35.4 Å². The van der Waals surface area contributed by atoms with Gasteiger partial charge in [-0.2, -0.15) is 13.2 Å². The summed E-state index contributed by atoms with van der Waals surface area (Å²) in [6.07, 6.45) is -5.73. The maximum absolute atomic E-state index is 13.3. The minimum absolute atomic E-state index is 0.0680. The van der Waals surface area contributed by atoms with Crippen molar-refractivity contribution in [2.24, 2.45) is 0 Å². The number of rotatable bonds is 3. The van der Waals surface area contributed by atoms with Crippen molar-refractivity contribution in [3.8, 4) is 11.3 Å². The number of fused-ring (bicyclic) bond motifs is 2. The number of Topliss-reactive ketones (excluding diaryl/α,β-unsaturated/α-hetero) is 1. The van der Waals surface area contributed by atoms with E-state index in [1.807, 2.05) is 0 Å². The highest BCUT2D eigenvalue weighted by Crippen LogP contribution is 2.38. The van der Waals surface area contributed by atoms with Gasteiger partial charge in [-0.25, -0.2) is 9.97 Å². The molecular weight excluding hydrogens is 405 g/mol. The van der Waals surface area contributed by atoms with E-state index in [2.05, 4.69) is 9.97 Å². The minimum atomic E-state index is -4.63. The van der Waals surface area contributed by atoms with Crippen LogP contribution in [0.15, 0.2) is 35.5 Å². The summed E-state index contributed by atoms with van der Waals surface area (Å²) in [5.74, 6) is -0.230. The first kappa shape index (κ1) is 18.7. The number of halogens is 4. The lowest BCUT2D eigenvalue weighted by molar-refractivity contribution is -0.151. The average Bonchev–Trinajstić information content (AvgIpc) is 3.05.